The molecular formula is C25H26Cl2N2O5. The average Bonchev–Trinajstić information content (AvgIpc) is 3.45. The zero-order valence-electron chi connectivity index (χ0n) is 18.8. The Morgan fingerprint density at radius 2 is 1.82 bits per heavy atom. The topological polar surface area (TPSA) is 77.1 Å². The summed E-state index contributed by atoms with van der Waals surface area (Å²) in [7, 11) is 0. The van der Waals surface area contributed by atoms with Crippen LogP contribution in [0.15, 0.2) is 36.4 Å². The van der Waals surface area contributed by atoms with Crippen LogP contribution in [0.3, 0.4) is 0 Å². The fourth-order valence-corrected chi connectivity index (χ4v) is 5.20. The molecule has 2 amide bonds. The molecule has 0 aromatic heterocycles. The fraction of sp³-hybridized carbons (Fsp3) is 0.440. The highest BCUT2D eigenvalue weighted by atomic mass is 35.5. The summed E-state index contributed by atoms with van der Waals surface area (Å²) in [5.41, 5.74) is 0.461. The van der Waals surface area contributed by atoms with Gasteiger partial charge in [0.1, 0.15) is 11.8 Å². The molecule has 9 heteroatoms. The van der Waals surface area contributed by atoms with Crippen LogP contribution in [0, 0.1) is 5.92 Å². The molecule has 1 saturated carbocycles. The third-order valence-electron chi connectivity index (χ3n) is 6.91. The zero-order valence-corrected chi connectivity index (χ0v) is 20.3. The van der Waals surface area contributed by atoms with E-state index in [0.717, 1.165) is 18.4 Å². The first kappa shape index (κ1) is 23.3. The zero-order chi connectivity index (χ0) is 23.9. The van der Waals surface area contributed by atoms with Crippen molar-refractivity contribution in [1.29, 1.82) is 0 Å². The Kier molecular flexibility index (Phi) is 6.35. The lowest BCUT2D eigenvalue weighted by atomic mass is 9.83. The molecule has 2 aliphatic heterocycles. The van der Waals surface area contributed by atoms with E-state index in [9.17, 15) is 9.59 Å². The molecule has 3 aliphatic rings. The minimum absolute atomic E-state index is 0.147. The van der Waals surface area contributed by atoms with Gasteiger partial charge in [0, 0.05) is 12.1 Å². The van der Waals surface area contributed by atoms with Gasteiger partial charge in [0.05, 0.1) is 16.7 Å². The van der Waals surface area contributed by atoms with Gasteiger partial charge < -0.3 is 19.5 Å². The van der Waals surface area contributed by atoms with E-state index < -0.39 is 11.8 Å². The van der Waals surface area contributed by atoms with E-state index in [-0.39, 0.29) is 25.2 Å². The van der Waals surface area contributed by atoms with E-state index in [1.165, 1.54) is 0 Å². The molecule has 1 atom stereocenters. The summed E-state index contributed by atoms with van der Waals surface area (Å²) in [4.78, 5) is 28.7. The van der Waals surface area contributed by atoms with Crippen molar-refractivity contribution in [2.45, 2.75) is 50.9 Å². The number of ether oxygens (including phenoxy) is 3. The van der Waals surface area contributed by atoms with E-state index in [1.807, 2.05) is 18.2 Å². The molecule has 0 unspecified atom stereocenters. The molecule has 34 heavy (non-hydrogen) atoms. The van der Waals surface area contributed by atoms with Crippen LogP contribution in [-0.2, 0) is 16.1 Å². The molecular weight excluding hydrogens is 479 g/mol. The Bertz CT molecular complexity index is 1120. The van der Waals surface area contributed by atoms with Crippen molar-refractivity contribution < 1.29 is 23.8 Å². The van der Waals surface area contributed by atoms with E-state index in [1.54, 1.807) is 23.1 Å². The molecule has 1 N–H and O–H groups in total. The number of fused-ring (bicyclic) bond motifs is 1. The highest BCUT2D eigenvalue weighted by Gasteiger charge is 2.53. The second-order valence-electron chi connectivity index (χ2n) is 9.16. The van der Waals surface area contributed by atoms with Gasteiger partial charge in [0.15, 0.2) is 11.5 Å². The smallest absolute Gasteiger partial charge is 0.256 e. The lowest BCUT2D eigenvalue weighted by Gasteiger charge is -2.43. The summed E-state index contributed by atoms with van der Waals surface area (Å²) in [5, 5.41) is 3.63. The first-order valence-corrected chi connectivity index (χ1v) is 12.2. The average molecular weight is 505 g/mol. The van der Waals surface area contributed by atoms with Gasteiger partial charge in [-0.3, -0.25) is 14.5 Å². The maximum Gasteiger partial charge on any atom is 0.256 e. The van der Waals surface area contributed by atoms with Gasteiger partial charge >= 0.3 is 0 Å². The molecule has 2 aromatic rings. The number of carbonyl (C=O) groups is 2. The van der Waals surface area contributed by atoms with Crippen molar-refractivity contribution >= 4 is 35.0 Å². The van der Waals surface area contributed by atoms with Gasteiger partial charge in [-0.2, -0.15) is 0 Å². The molecule has 5 rings (SSSR count). The second kappa shape index (κ2) is 9.29. The van der Waals surface area contributed by atoms with Crippen LogP contribution in [0.2, 0.25) is 10.0 Å². The highest BCUT2D eigenvalue weighted by molar-refractivity contribution is 6.42. The number of benzene rings is 2. The molecule has 0 radical (unpaired) electrons. The lowest BCUT2D eigenvalue weighted by Crippen LogP contribution is -2.56. The van der Waals surface area contributed by atoms with Gasteiger partial charge in [0.2, 0.25) is 12.7 Å². The first-order chi connectivity index (χ1) is 16.4. The van der Waals surface area contributed by atoms with Crippen LogP contribution in [0.4, 0.5) is 0 Å². The van der Waals surface area contributed by atoms with Gasteiger partial charge in [0.25, 0.3) is 5.91 Å². The third kappa shape index (κ3) is 4.32. The molecule has 1 spiro atoms. The number of hydrogen-bond acceptors (Lipinski definition) is 5. The van der Waals surface area contributed by atoms with Crippen molar-refractivity contribution in [3.63, 3.8) is 0 Å². The van der Waals surface area contributed by atoms with Crippen LogP contribution in [0.1, 0.15) is 48.5 Å². The van der Waals surface area contributed by atoms with Crippen LogP contribution in [-0.4, -0.2) is 41.9 Å². The molecule has 2 heterocycles. The van der Waals surface area contributed by atoms with Gasteiger partial charge in [-0.15, -0.1) is 0 Å². The second-order valence-corrected chi connectivity index (χ2v) is 9.98. The van der Waals surface area contributed by atoms with Crippen molar-refractivity contribution in [3.8, 4) is 11.5 Å². The minimum Gasteiger partial charge on any atom is -0.454 e. The molecule has 2 fully saturated rings. The number of carbonyl (C=O) groups excluding carboxylic acids is 2. The number of hydrogen-bond donors (Lipinski definition) is 1. The Morgan fingerprint density at radius 1 is 1.06 bits per heavy atom. The Balaban J connectivity index is 1.37. The van der Waals surface area contributed by atoms with Crippen LogP contribution in [0.25, 0.3) is 0 Å². The highest BCUT2D eigenvalue weighted by Crippen LogP contribution is 2.43. The van der Waals surface area contributed by atoms with E-state index in [2.05, 4.69) is 12.2 Å². The summed E-state index contributed by atoms with van der Waals surface area (Å²) in [6, 6.07) is 9.57. The quantitative estimate of drug-likeness (QED) is 0.647. The third-order valence-corrected chi connectivity index (χ3v) is 7.65. The molecule has 1 aliphatic carbocycles. The summed E-state index contributed by atoms with van der Waals surface area (Å²) < 4.78 is 17.0. The number of nitrogens with zero attached hydrogens (tertiary/aromatic N) is 1. The number of nitrogens with one attached hydrogen (secondary N) is 1. The summed E-state index contributed by atoms with van der Waals surface area (Å²) in [6.45, 7) is 2.83. The number of amides is 2. The van der Waals surface area contributed by atoms with E-state index in [0.29, 0.717) is 52.4 Å². The molecule has 2 aromatic carbocycles. The molecule has 7 nitrogen and oxygen atoms in total. The number of halogens is 2. The summed E-state index contributed by atoms with van der Waals surface area (Å²) >= 11 is 12.2. The maximum atomic E-state index is 13.7. The fourth-order valence-electron chi connectivity index (χ4n) is 4.91. The van der Waals surface area contributed by atoms with Gasteiger partial charge in [-0.25, -0.2) is 0 Å². The molecule has 1 saturated heterocycles. The SMILES string of the molecule is CC1CCC2(CC1)OC[C@H](C(=O)NCc1ccc3c(c1)OCO3)N2C(=O)c1ccc(Cl)c(Cl)c1. The normalized spacial score (nSPS) is 25.6. The Morgan fingerprint density at radius 3 is 2.59 bits per heavy atom. The summed E-state index contributed by atoms with van der Waals surface area (Å²) in [5.74, 6) is 1.35. The van der Waals surface area contributed by atoms with Crippen LogP contribution in [0.5, 0.6) is 11.5 Å². The predicted molar refractivity (Wildman–Crippen MR) is 127 cm³/mol. The Hall–Kier alpha value is -2.48. The molecule has 180 valence electrons. The predicted octanol–water partition coefficient (Wildman–Crippen LogP) is 4.79. The van der Waals surface area contributed by atoms with Crippen LogP contribution < -0.4 is 14.8 Å². The minimum atomic E-state index is -0.795. The lowest BCUT2D eigenvalue weighted by molar-refractivity contribution is -0.128. The number of rotatable bonds is 4. The van der Waals surface area contributed by atoms with Crippen molar-refractivity contribution in [1.82, 2.24) is 10.2 Å². The van der Waals surface area contributed by atoms with E-state index in [4.69, 9.17) is 37.4 Å². The monoisotopic (exact) mass is 504 g/mol. The van der Waals surface area contributed by atoms with E-state index >= 15 is 0 Å². The van der Waals surface area contributed by atoms with Crippen molar-refractivity contribution in [2.24, 2.45) is 5.92 Å². The molecule has 0 bridgehead atoms. The van der Waals surface area contributed by atoms with Gasteiger partial charge in [-0.1, -0.05) is 36.2 Å². The summed E-state index contributed by atoms with van der Waals surface area (Å²) in [6.07, 6.45) is 3.23. The maximum absolute atomic E-state index is 13.7. The van der Waals surface area contributed by atoms with Crippen molar-refractivity contribution in [2.75, 3.05) is 13.4 Å². The largest absolute Gasteiger partial charge is 0.454 e. The van der Waals surface area contributed by atoms with Crippen molar-refractivity contribution in [3.05, 3.63) is 57.6 Å². The van der Waals surface area contributed by atoms with Gasteiger partial charge in [-0.05, 0) is 67.5 Å². The standard InChI is InChI=1S/C25H26Cl2N2O5/c1-15-6-8-25(9-7-15)29(24(31)17-3-4-18(26)19(27)11-17)20(13-34-25)23(30)28-12-16-2-5-21-22(10-16)33-14-32-21/h2-5,10-11,15,20H,6-9,12-14H2,1H3,(H,28,30)/t15?,20-,25?/m1/s1. The first-order valence-electron chi connectivity index (χ1n) is 11.5. The van der Waals surface area contributed by atoms with Crippen LogP contribution >= 0.6 is 23.2 Å². The Labute approximate surface area is 208 Å².